The summed E-state index contributed by atoms with van der Waals surface area (Å²) in [4.78, 5) is 20.2. The Morgan fingerprint density at radius 3 is 2.44 bits per heavy atom. The number of fused-ring (bicyclic) bond motifs is 1. The van der Waals surface area contributed by atoms with Gasteiger partial charge in [0.1, 0.15) is 11.2 Å². The number of aryl methyl sites for hydroxylation is 1. The van der Waals surface area contributed by atoms with Crippen molar-refractivity contribution in [3.8, 4) is 21.1 Å². The monoisotopic (exact) mass is 497 g/mol. The Kier molecular flexibility index (Phi) is 6.17. The van der Waals surface area contributed by atoms with Gasteiger partial charge in [-0.05, 0) is 42.5 Å². The largest absolute Gasteiger partial charge is 0.431 e. The summed E-state index contributed by atoms with van der Waals surface area (Å²) in [6, 6.07) is 10.5. The predicted octanol–water partition coefficient (Wildman–Crippen LogP) is 6.93. The summed E-state index contributed by atoms with van der Waals surface area (Å²) in [6.45, 7) is 3.46. The molecule has 4 nitrogen and oxygen atoms in total. The first-order chi connectivity index (χ1) is 15.2. The average molecular weight is 498 g/mol. The Balaban J connectivity index is 1.95. The van der Waals surface area contributed by atoms with Crippen molar-refractivity contribution in [3.63, 3.8) is 0 Å². The normalized spacial score (nSPS) is 12.1. The number of nitrogens with zero attached hydrogens (tertiary/aromatic N) is 3. The number of alkyl halides is 3. The lowest BCUT2D eigenvalue weighted by Crippen LogP contribution is -2.28. The average Bonchev–Trinajstić information content (AvgIpc) is 3.29. The summed E-state index contributed by atoms with van der Waals surface area (Å²) in [5, 5.41) is 0.636. The van der Waals surface area contributed by atoms with Crippen LogP contribution in [0.15, 0.2) is 46.1 Å². The molecule has 3 heterocycles. The summed E-state index contributed by atoms with van der Waals surface area (Å²) in [7, 11) is 1.67. The van der Waals surface area contributed by atoms with Crippen LogP contribution in [0.1, 0.15) is 19.5 Å². The minimum Gasteiger partial charge on any atom is -0.322 e. The maximum atomic E-state index is 13.6. The quantitative estimate of drug-likeness (QED) is 0.280. The number of benzene rings is 1. The highest BCUT2D eigenvalue weighted by Crippen LogP contribution is 2.43. The SMILES string of the molecule is CCSc1cc(-c2ccc(Cl)cc2)sc1-c1nc2cc(C(F)(F)F)n(CC)c(=O)c2n1C. The number of imidazole rings is 1. The van der Waals surface area contributed by atoms with Crippen LogP contribution in [0.2, 0.25) is 5.02 Å². The molecule has 0 spiro atoms. The van der Waals surface area contributed by atoms with Crippen LogP contribution in [0.25, 0.3) is 32.2 Å². The van der Waals surface area contributed by atoms with Crippen LogP contribution in [0.4, 0.5) is 13.2 Å². The van der Waals surface area contributed by atoms with E-state index in [0.717, 1.165) is 36.6 Å². The Morgan fingerprint density at radius 2 is 1.84 bits per heavy atom. The zero-order chi connectivity index (χ0) is 23.2. The van der Waals surface area contributed by atoms with Gasteiger partial charge in [0.25, 0.3) is 5.56 Å². The van der Waals surface area contributed by atoms with Crippen molar-refractivity contribution in [1.29, 1.82) is 0 Å². The molecule has 0 aliphatic heterocycles. The number of thiophene rings is 1. The van der Waals surface area contributed by atoms with Gasteiger partial charge in [-0.2, -0.15) is 13.2 Å². The van der Waals surface area contributed by atoms with Crippen LogP contribution in [-0.2, 0) is 19.8 Å². The fraction of sp³-hybridized carbons (Fsp3) is 0.273. The molecule has 0 saturated carbocycles. The molecular formula is C22H19ClF3N3OS2. The molecule has 0 bridgehead atoms. The van der Waals surface area contributed by atoms with Crippen LogP contribution in [0.3, 0.4) is 0 Å². The molecule has 1 aromatic carbocycles. The molecule has 0 atom stereocenters. The van der Waals surface area contributed by atoms with Crippen LogP contribution in [0, 0.1) is 0 Å². The number of rotatable bonds is 5. The van der Waals surface area contributed by atoms with Gasteiger partial charge in [0, 0.05) is 28.4 Å². The Hall–Kier alpha value is -2.23. The highest BCUT2D eigenvalue weighted by atomic mass is 35.5. The van der Waals surface area contributed by atoms with Gasteiger partial charge >= 0.3 is 6.18 Å². The fourth-order valence-electron chi connectivity index (χ4n) is 3.62. The molecule has 32 heavy (non-hydrogen) atoms. The third-order valence-corrected chi connectivity index (χ3v) is 7.55. The van der Waals surface area contributed by atoms with E-state index in [-0.39, 0.29) is 17.6 Å². The summed E-state index contributed by atoms with van der Waals surface area (Å²) in [6.07, 6.45) is -4.64. The van der Waals surface area contributed by atoms with Crippen LogP contribution in [0.5, 0.6) is 0 Å². The molecule has 168 valence electrons. The molecule has 4 rings (SSSR count). The molecule has 0 aliphatic rings. The highest BCUT2D eigenvalue weighted by molar-refractivity contribution is 7.99. The van der Waals surface area contributed by atoms with Crippen LogP contribution >= 0.6 is 34.7 Å². The molecule has 10 heteroatoms. The molecule has 4 aromatic rings. The third-order valence-electron chi connectivity index (χ3n) is 5.07. The Morgan fingerprint density at radius 1 is 1.16 bits per heavy atom. The van der Waals surface area contributed by atoms with Gasteiger partial charge in [-0.1, -0.05) is 30.7 Å². The molecule has 0 radical (unpaired) electrons. The number of thioether (sulfide) groups is 1. The van der Waals surface area contributed by atoms with E-state index in [0.29, 0.717) is 10.8 Å². The maximum Gasteiger partial charge on any atom is 0.431 e. The lowest BCUT2D eigenvalue weighted by atomic mass is 10.2. The maximum absolute atomic E-state index is 13.6. The van der Waals surface area contributed by atoms with E-state index in [2.05, 4.69) is 4.98 Å². The smallest absolute Gasteiger partial charge is 0.322 e. The standard InChI is InChI=1S/C22H19ClF3N3OS2/c1-4-29-17(22(24,25)26)10-14-18(21(29)30)28(3)20(27-14)19-16(31-5-2)11-15(32-19)12-6-8-13(23)9-7-12/h6-11H,4-5H2,1-3H3. The highest BCUT2D eigenvalue weighted by Gasteiger charge is 2.36. The first-order valence-electron chi connectivity index (χ1n) is 9.86. The van der Waals surface area contributed by atoms with Gasteiger partial charge in [-0.3, -0.25) is 4.79 Å². The number of halogens is 4. The summed E-state index contributed by atoms with van der Waals surface area (Å²) >= 11 is 9.11. The minimum absolute atomic E-state index is 0.0402. The van der Waals surface area contributed by atoms with Crippen molar-refractivity contribution in [1.82, 2.24) is 14.1 Å². The van der Waals surface area contributed by atoms with E-state index in [9.17, 15) is 18.0 Å². The second-order valence-electron chi connectivity index (χ2n) is 7.05. The topological polar surface area (TPSA) is 39.8 Å². The van der Waals surface area contributed by atoms with Crippen LogP contribution < -0.4 is 5.56 Å². The lowest BCUT2D eigenvalue weighted by Gasteiger charge is -2.13. The Labute approximate surface area is 195 Å². The molecule has 0 amide bonds. The molecule has 3 aromatic heterocycles. The number of hydrogen-bond donors (Lipinski definition) is 0. The van der Waals surface area contributed by atoms with Crippen molar-refractivity contribution >= 4 is 45.7 Å². The molecule has 0 fully saturated rings. The van der Waals surface area contributed by atoms with Crippen molar-refractivity contribution in [3.05, 3.63) is 57.5 Å². The van der Waals surface area contributed by atoms with E-state index in [4.69, 9.17) is 11.6 Å². The second kappa shape index (κ2) is 8.61. The summed E-state index contributed by atoms with van der Waals surface area (Å²) in [5.74, 6) is 1.29. The van der Waals surface area contributed by atoms with Gasteiger partial charge in [-0.15, -0.1) is 23.1 Å². The predicted molar refractivity (Wildman–Crippen MR) is 126 cm³/mol. The first kappa shape index (κ1) is 22.9. The van der Waals surface area contributed by atoms with E-state index >= 15 is 0 Å². The molecule has 0 aliphatic carbocycles. The molecule has 0 saturated heterocycles. The van der Waals surface area contributed by atoms with E-state index in [1.807, 2.05) is 37.3 Å². The van der Waals surface area contributed by atoms with Crippen molar-refractivity contribution in [2.45, 2.75) is 31.5 Å². The second-order valence-corrected chi connectivity index (χ2v) is 9.84. The summed E-state index contributed by atoms with van der Waals surface area (Å²) in [5.41, 5.74) is -0.506. The van der Waals surface area contributed by atoms with Crippen LogP contribution in [-0.4, -0.2) is 19.9 Å². The van der Waals surface area contributed by atoms with Crippen molar-refractivity contribution in [2.75, 3.05) is 5.75 Å². The first-order valence-corrected chi connectivity index (χ1v) is 12.0. The zero-order valence-corrected chi connectivity index (χ0v) is 19.8. The summed E-state index contributed by atoms with van der Waals surface area (Å²) < 4.78 is 43.0. The number of aromatic nitrogens is 3. The zero-order valence-electron chi connectivity index (χ0n) is 17.5. The van der Waals surface area contributed by atoms with Gasteiger partial charge in [-0.25, -0.2) is 4.98 Å². The van der Waals surface area contributed by atoms with Gasteiger partial charge in [0.15, 0.2) is 5.82 Å². The Bertz CT molecular complexity index is 1350. The van der Waals surface area contributed by atoms with E-state index in [1.54, 1.807) is 23.4 Å². The van der Waals surface area contributed by atoms with E-state index < -0.39 is 17.4 Å². The number of hydrogen-bond acceptors (Lipinski definition) is 4. The van der Waals surface area contributed by atoms with Gasteiger partial charge in [0.05, 0.1) is 10.4 Å². The molecule has 0 unspecified atom stereocenters. The van der Waals surface area contributed by atoms with Crippen molar-refractivity contribution < 1.29 is 13.2 Å². The number of pyridine rings is 1. The molecular weight excluding hydrogens is 479 g/mol. The molecule has 0 N–H and O–H groups in total. The van der Waals surface area contributed by atoms with E-state index in [1.165, 1.54) is 18.3 Å². The fourth-order valence-corrected chi connectivity index (χ4v) is 5.94. The van der Waals surface area contributed by atoms with Gasteiger partial charge < -0.3 is 9.13 Å². The van der Waals surface area contributed by atoms with Crippen molar-refractivity contribution in [2.24, 2.45) is 7.05 Å². The minimum atomic E-state index is -4.64. The lowest BCUT2D eigenvalue weighted by molar-refractivity contribution is -0.144. The van der Waals surface area contributed by atoms with Gasteiger partial charge in [0.2, 0.25) is 0 Å². The third kappa shape index (κ3) is 3.97.